The molecule has 0 saturated carbocycles. The smallest absolute Gasteiger partial charge is 0.251 e. The Morgan fingerprint density at radius 2 is 1.69 bits per heavy atom. The maximum atomic E-state index is 13.6. The summed E-state index contributed by atoms with van der Waals surface area (Å²) in [5, 5.41) is 1.09. The van der Waals surface area contributed by atoms with Gasteiger partial charge in [-0.2, -0.15) is 0 Å². The SMILES string of the molecule is Cc1cc(-c2cnc3cc(-c4cnc(N5CCC(F)(F)CC5)c(C)c4)ccn23)c2ccccc2n1. The molecule has 176 valence electrons. The van der Waals surface area contributed by atoms with Crippen molar-refractivity contribution in [2.45, 2.75) is 32.6 Å². The molecule has 4 aromatic heterocycles. The highest BCUT2D eigenvalue weighted by atomic mass is 19.3. The monoisotopic (exact) mass is 469 g/mol. The number of imidazole rings is 1. The summed E-state index contributed by atoms with van der Waals surface area (Å²) in [4.78, 5) is 16.0. The molecule has 35 heavy (non-hydrogen) atoms. The lowest BCUT2D eigenvalue weighted by atomic mass is 10.0. The molecule has 0 amide bonds. The second-order valence-electron chi connectivity index (χ2n) is 9.32. The molecular formula is C28H25F2N5. The number of aryl methyl sites for hydroxylation is 2. The Bertz CT molecular complexity index is 1560. The largest absolute Gasteiger partial charge is 0.356 e. The summed E-state index contributed by atoms with van der Waals surface area (Å²) >= 11 is 0. The lowest BCUT2D eigenvalue weighted by Gasteiger charge is -2.33. The Kier molecular flexibility index (Phi) is 5.02. The Morgan fingerprint density at radius 1 is 0.886 bits per heavy atom. The van der Waals surface area contributed by atoms with Gasteiger partial charge in [-0.15, -0.1) is 0 Å². The number of hydrogen-bond donors (Lipinski definition) is 0. The highest BCUT2D eigenvalue weighted by molar-refractivity contribution is 5.94. The average Bonchev–Trinajstić information content (AvgIpc) is 3.27. The van der Waals surface area contributed by atoms with Gasteiger partial charge in [0.15, 0.2) is 0 Å². The predicted molar refractivity (Wildman–Crippen MR) is 135 cm³/mol. The van der Waals surface area contributed by atoms with Crippen LogP contribution in [0.2, 0.25) is 0 Å². The van der Waals surface area contributed by atoms with Gasteiger partial charge in [0, 0.05) is 60.5 Å². The summed E-state index contributed by atoms with van der Waals surface area (Å²) in [5.74, 6) is -1.78. The summed E-state index contributed by atoms with van der Waals surface area (Å²) in [5.41, 5.74) is 7.86. The normalized spacial score (nSPS) is 15.7. The van der Waals surface area contributed by atoms with Crippen molar-refractivity contribution in [2.75, 3.05) is 18.0 Å². The van der Waals surface area contributed by atoms with Crippen LogP contribution in [0.15, 0.2) is 67.1 Å². The Labute approximate surface area is 202 Å². The fourth-order valence-corrected chi connectivity index (χ4v) is 4.98. The average molecular weight is 470 g/mol. The molecule has 0 spiro atoms. The van der Waals surface area contributed by atoms with Crippen molar-refractivity contribution in [3.8, 4) is 22.4 Å². The zero-order valence-electron chi connectivity index (χ0n) is 19.7. The van der Waals surface area contributed by atoms with Crippen LogP contribution in [-0.4, -0.2) is 38.4 Å². The predicted octanol–water partition coefficient (Wildman–Crippen LogP) is 6.46. The number of fused-ring (bicyclic) bond motifs is 2. The molecule has 7 heteroatoms. The minimum atomic E-state index is -2.57. The molecular weight excluding hydrogens is 444 g/mol. The van der Waals surface area contributed by atoms with Crippen LogP contribution < -0.4 is 4.90 Å². The molecule has 1 saturated heterocycles. The summed E-state index contributed by atoms with van der Waals surface area (Å²) in [6.45, 7) is 4.64. The van der Waals surface area contributed by atoms with E-state index in [-0.39, 0.29) is 12.8 Å². The Hall–Kier alpha value is -3.87. The van der Waals surface area contributed by atoms with Crippen molar-refractivity contribution in [1.29, 1.82) is 0 Å². The maximum Gasteiger partial charge on any atom is 0.251 e. The molecule has 5 nitrogen and oxygen atoms in total. The van der Waals surface area contributed by atoms with Gasteiger partial charge in [0.1, 0.15) is 11.5 Å². The summed E-state index contributed by atoms with van der Waals surface area (Å²) < 4.78 is 29.2. The van der Waals surface area contributed by atoms with Crippen molar-refractivity contribution in [2.24, 2.45) is 0 Å². The zero-order chi connectivity index (χ0) is 24.2. The number of para-hydroxylation sites is 1. The third-order valence-electron chi connectivity index (χ3n) is 6.81. The van der Waals surface area contributed by atoms with Gasteiger partial charge >= 0.3 is 0 Å². The lowest BCUT2D eigenvalue weighted by Crippen LogP contribution is -2.40. The number of pyridine rings is 3. The molecule has 0 radical (unpaired) electrons. The first-order chi connectivity index (χ1) is 16.9. The van der Waals surface area contributed by atoms with E-state index in [1.54, 1.807) is 0 Å². The minimum Gasteiger partial charge on any atom is -0.356 e. The van der Waals surface area contributed by atoms with Crippen LogP contribution in [-0.2, 0) is 0 Å². The first-order valence-electron chi connectivity index (χ1n) is 11.8. The topological polar surface area (TPSA) is 46.3 Å². The molecule has 5 heterocycles. The number of piperidine rings is 1. The molecule has 1 aromatic carbocycles. The van der Waals surface area contributed by atoms with Crippen LogP contribution in [0, 0.1) is 13.8 Å². The molecule has 0 unspecified atom stereocenters. The molecule has 1 aliphatic rings. The van der Waals surface area contributed by atoms with Crippen molar-refractivity contribution in [1.82, 2.24) is 19.4 Å². The molecule has 5 aromatic rings. The molecule has 1 aliphatic heterocycles. The van der Waals surface area contributed by atoms with E-state index in [0.717, 1.165) is 56.0 Å². The number of anilines is 1. The van der Waals surface area contributed by atoms with Gasteiger partial charge in [-0.25, -0.2) is 18.7 Å². The fourth-order valence-electron chi connectivity index (χ4n) is 4.98. The lowest BCUT2D eigenvalue weighted by molar-refractivity contribution is -0.0221. The number of nitrogens with zero attached hydrogens (tertiary/aromatic N) is 5. The van der Waals surface area contributed by atoms with Crippen LogP contribution in [0.25, 0.3) is 38.9 Å². The van der Waals surface area contributed by atoms with Crippen molar-refractivity contribution in [3.05, 3.63) is 78.4 Å². The Balaban J connectivity index is 1.34. The molecule has 0 aliphatic carbocycles. The zero-order valence-corrected chi connectivity index (χ0v) is 19.7. The molecule has 0 bridgehead atoms. The number of halogens is 2. The number of alkyl halides is 2. The third kappa shape index (κ3) is 3.91. The summed E-state index contributed by atoms with van der Waals surface area (Å²) in [6, 6.07) is 16.4. The Morgan fingerprint density at radius 3 is 2.49 bits per heavy atom. The van der Waals surface area contributed by atoms with E-state index in [4.69, 9.17) is 0 Å². The van der Waals surface area contributed by atoms with Gasteiger partial charge in [0.25, 0.3) is 5.92 Å². The first-order valence-corrected chi connectivity index (χ1v) is 11.8. The van der Waals surface area contributed by atoms with Gasteiger partial charge in [-0.1, -0.05) is 18.2 Å². The van der Waals surface area contributed by atoms with E-state index in [1.165, 1.54) is 0 Å². The van der Waals surface area contributed by atoms with E-state index in [1.807, 2.05) is 55.5 Å². The third-order valence-corrected chi connectivity index (χ3v) is 6.81. The van der Waals surface area contributed by atoms with Gasteiger partial charge in [-0.05, 0) is 55.3 Å². The van der Waals surface area contributed by atoms with Gasteiger partial charge < -0.3 is 4.90 Å². The minimum absolute atomic E-state index is 0.124. The van der Waals surface area contributed by atoms with Gasteiger partial charge in [-0.3, -0.25) is 9.38 Å². The van der Waals surface area contributed by atoms with Crippen molar-refractivity contribution in [3.63, 3.8) is 0 Å². The number of benzene rings is 1. The fraction of sp³-hybridized carbons (Fsp3) is 0.250. The van der Waals surface area contributed by atoms with E-state index in [0.29, 0.717) is 13.1 Å². The maximum absolute atomic E-state index is 13.6. The second kappa shape index (κ2) is 8.12. The van der Waals surface area contributed by atoms with Crippen LogP contribution in [0.3, 0.4) is 0 Å². The molecule has 0 N–H and O–H groups in total. The summed E-state index contributed by atoms with van der Waals surface area (Å²) in [7, 11) is 0. The molecule has 0 atom stereocenters. The van der Waals surface area contributed by atoms with Crippen LogP contribution in [0.1, 0.15) is 24.1 Å². The first kappa shape index (κ1) is 21.6. The summed E-state index contributed by atoms with van der Waals surface area (Å²) in [6.07, 6.45) is 5.51. The highest BCUT2D eigenvalue weighted by Gasteiger charge is 2.34. The van der Waals surface area contributed by atoms with Crippen LogP contribution in [0.4, 0.5) is 14.6 Å². The molecule has 6 rings (SSSR count). The van der Waals surface area contributed by atoms with Crippen molar-refractivity contribution < 1.29 is 8.78 Å². The number of aromatic nitrogens is 4. The quantitative estimate of drug-likeness (QED) is 0.304. The highest BCUT2D eigenvalue weighted by Crippen LogP contribution is 2.33. The number of hydrogen-bond acceptors (Lipinski definition) is 4. The van der Waals surface area contributed by atoms with Crippen LogP contribution >= 0.6 is 0 Å². The van der Waals surface area contributed by atoms with Crippen molar-refractivity contribution >= 4 is 22.4 Å². The van der Waals surface area contributed by atoms with Gasteiger partial charge in [0.2, 0.25) is 0 Å². The van der Waals surface area contributed by atoms with E-state index < -0.39 is 5.92 Å². The van der Waals surface area contributed by atoms with E-state index in [9.17, 15) is 8.78 Å². The standard InChI is InChI=1S/C28H25F2N5/c1-18-13-21(16-32-27(18)34-11-8-28(29,30)9-12-34)20-7-10-35-25(17-31-26(35)15-20)23-14-19(2)33-24-6-4-3-5-22(23)24/h3-7,10,13-17H,8-9,11-12H2,1-2H3. The van der Waals surface area contributed by atoms with E-state index in [2.05, 4.69) is 49.7 Å². The molecule has 1 fully saturated rings. The second-order valence-corrected chi connectivity index (χ2v) is 9.32. The number of rotatable bonds is 3. The van der Waals surface area contributed by atoms with Crippen LogP contribution in [0.5, 0.6) is 0 Å². The van der Waals surface area contributed by atoms with Gasteiger partial charge in [0.05, 0.1) is 17.4 Å². The van der Waals surface area contributed by atoms with E-state index >= 15 is 0 Å².